The van der Waals surface area contributed by atoms with E-state index in [1.54, 1.807) is 6.07 Å². The van der Waals surface area contributed by atoms with Crippen LogP contribution in [-0.4, -0.2) is 43.5 Å². The molecule has 1 saturated heterocycles. The maximum atomic E-state index is 13.8. The lowest BCUT2D eigenvalue weighted by molar-refractivity contribution is -0.117. The van der Waals surface area contributed by atoms with Gasteiger partial charge in [-0.05, 0) is 49.9 Å². The topological polar surface area (TPSA) is 70.7 Å². The summed E-state index contributed by atoms with van der Waals surface area (Å²) in [5.74, 6) is 0.00875. The number of likely N-dealkylation sites (tertiary alicyclic amines) is 1. The Bertz CT molecular complexity index is 1010. The zero-order valence-corrected chi connectivity index (χ0v) is 18.6. The van der Waals surface area contributed by atoms with Gasteiger partial charge < -0.3 is 15.4 Å². The smallest absolute Gasteiger partial charge is 0.255 e. The van der Waals surface area contributed by atoms with E-state index >= 15 is 0 Å². The summed E-state index contributed by atoms with van der Waals surface area (Å²) in [7, 11) is 1.47. The number of carbonyl (C=O) groups is 2. The van der Waals surface area contributed by atoms with Crippen LogP contribution in [0, 0.1) is 29.8 Å². The second-order valence-corrected chi connectivity index (χ2v) is 8.73. The minimum absolute atomic E-state index is 0.0421. The van der Waals surface area contributed by atoms with Gasteiger partial charge >= 0.3 is 0 Å². The fourth-order valence-electron chi connectivity index (χ4n) is 3.87. The third-order valence-electron chi connectivity index (χ3n) is 5.87. The molecule has 2 fully saturated rings. The Kier molecular flexibility index (Phi) is 6.83. The highest BCUT2D eigenvalue weighted by Gasteiger charge is 2.30. The van der Waals surface area contributed by atoms with E-state index in [2.05, 4.69) is 27.7 Å². The van der Waals surface area contributed by atoms with Crippen molar-refractivity contribution in [3.8, 4) is 5.75 Å². The molecule has 2 N–H and O–H groups in total. The minimum Gasteiger partial charge on any atom is -0.496 e. The van der Waals surface area contributed by atoms with Crippen LogP contribution in [0.4, 0.5) is 10.1 Å². The number of anilines is 1. The Hall–Kier alpha value is -2.82. The van der Waals surface area contributed by atoms with E-state index in [1.807, 2.05) is 0 Å². The molecule has 0 aromatic heterocycles. The zero-order chi connectivity index (χ0) is 22.7. The van der Waals surface area contributed by atoms with Crippen molar-refractivity contribution in [3.05, 3.63) is 58.4 Å². The summed E-state index contributed by atoms with van der Waals surface area (Å²) in [6.45, 7) is 2.55. The van der Waals surface area contributed by atoms with Crippen molar-refractivity contribution in [3.63, 3.8) is 0 Å². The maximum absolute atomic E-state index is 13.8. The Morgan fingerprint density at radius 2 is 2.12 bits per heavy atom. The van der Waals surface area contributed by atoms with Crippen LogP contribution in [0.5, 0.6) is 5.75 Å². The van der Waals surface area contributed by atoms with E-state index in [4.69, 9.17) is 16.3 Å². The molecule has 4 rings (SSSR count). The van der Waals surface area contributed by atoms with Crippen molar-refractivity contribution in [2.45, 2.75) is 25.8 Å². The standard InChI is InChI=1S/C24H25ClFN3O3/c1-32-22-11-21(28-23(30)16-6-7-16)19(25)10-18(22)24(31)27-12-15-8-9-29(13-15)14-17-4-2-3-5-20(17)26/h3,5,10-11,15-16H,6-9,12-14H2,1H3,(H,27,31)(H,28,30). The van der Waals surface area contributed by atoms with Gasteiger partial charge in [-0.2, -0.15) is 0 Å². The number of halogens is 2. The third-order valence-corrected chi connectivity index (χ3v) is 6.18. The van der Waals surface area contributed by atoms with Gasteiger partial charge in [-0.25, -0.2) is 4.39 Å². The number of carbonyl (C=O) groups excluding carboxylic acids is 2. The summed E-state index contributed by atoms with van der Waals surface area (Å²) in [5, 5.41) is 6.03. The predicted octanol–water partition coefficient (Wildman–Crippen LogP) is 3.69. The Morgan fingerprint density at radius 3 is 2.84 bits per heavy atom. The number of nitrogens with zero attached hydrogens (tertiary/aromatic N) is 1. The Labute approximate surface area is 192 Å². The van der Waals surface area contributed by atoms with Crippen LogP contribution in [-0.2, 0) is 11.3 Å². The van der Waals surface area contributed by atoms with E-state index in [-0.39, 0.29) is 34.5 Å². The SMILES string of the molecule is COc1cc(NC(=O)C2CC2)c(Cl)cc1C(=O)NCC1CCN(Cc2c#cccc2F)C1. The molecule has 168 valence electrons. The van der Waals surface area contributed by atoms with Crippen LogP contribution in [0.25, 0.3) is 0 Å². The number of hydrogen-bond acceptors (Lipinski definition) is 4. The molecule has 1 heterocycles. The van der Waals surface area contributed by atoms with Gasteiger partial charge in [0.25, 0.3) is 5.91 Å². The first-order valence-corrected chi connectivity index (χ1v) is 11.1. The first kappa shape index (κ1) is 22.4. The van der Waals surface area contributed by atoms with Crippen LogP contribution < -0.4 is 15.4 Å². The number of nitrogens with one attached hydrogen (secondary N) is 2. The van der Waals surface area contributed by atoms with E-state index in [1.165, 1.54) is 25.3 Å². The highest BCUT2D eigenvalue weighted by molar-refractivity contribution is 6.34. The average Bonchev–Trinajstić information content (AvgIpc) is 3.55. The van der Waals surface area contributed by atoms with E-state index in [0.717, 1.165) is 32.4 Å². The molecular formula is C24H25ClFN3O3. The van der Waals surface area contributed by atoms with E-state index in [9.17, 15) is 14.0 Å². The number of hydrogen-bond donors (Lipinski definition) is 2. The van der Waals surface area contributed by atoms with E-state index in [0.29, 0.717) is 35.7 Å². The number of methoxy groups -OCH3 is 1. The first-order chi connectivity index (χ1) is 15.4. The fraction of sp³-hybridized carbons (Fsp3) is 0.417. The minimum atomic E-state index is -0.292. The fourth-order valence-corrected chi connectivity index (χ4v) is 4.08. The normalized spacial score (nSPS) is 18.2. The van der Waals surface area contributed by atoms with Gasteiger partial charge in [-0.15, -0.1) is 0 Å². The van der Waals surface area contributed by atoms with Crippen molar-refractivity contribution < 1.29 is 18.7 Å². The van der Waals surface area contributed by atoms with Gasteiger partial charge in [0.15, 0.2) is 0 Å². The monoisotopic (exact) mass is 457 g/mol. The molecular weight excluding hydrogens is 433 g/mol. The van der Waals surface area contributed by atoms with Gasteiger partial charge in [0.05, 0.1) is 28.9 Å². The van der Waals surface area contributed by atoms with Crippen molar-refractivity contribution in [1.82, 2.24) is 10.2 Å². The predicted molar refractivity (Wildman–Crippen MR) is 119 cm³/mol. The van der Waals surface area contributed by atoms with Crippen LogP contribution in [0.2, 0.25) is 5.02 Å². The number of rotatable bonds is 8. The second kappa shape index (κ2) is 9.76. The molecule has 1 unspecified atom stereocenters. The average molecular weight is 458 g/mol. The zero-order valence-electron chi connectivity index (χ0n) is 17.8. The summed E-state index contributed by atoms with van der Waals surface area (Å²) in [4.78, 5) is 27.0. The van der Waals surface area contributed by atoms with Crippen molar-refractivity contribution in [2.24, 2.45) is 11.8 Å². The van der Waals surface area contributed by atoms with Crippen LogP contribution >= 0.6 is 11.6 Å². The van der Waals surface area contributed by atoms with Crippen molar-refractivity contribution in [1.29, 1.82) is 0 Å². The number of amides is 2. The lowest BCUT2D eigenvalue weighted by Crippen LogP contribution is -2.31. The largest absolute Gasteiger partial charge is 0.496 e. The lowest BCUT2D eigenvalue weighted by atomic mass is 10.1. The lowest BCUT2D eigenvalue weighted by Gasteiger charge is -2.17. The quantitative estimate of drug-likeness (QED) is 0.634. The first-order valence-electron chi connectivity index (χ1n) is 10.7. The van der Waals surface area contributed by atoms with Gasteiger partial charge in [-0.1, -0.05) is 23.7 Å². The molecule has 1 atom stereocenters. The third kappa shape index (κ3) is 5.32. The van der Waals surface area contributed by atoms with Crippen LogP contribution in [0.1, 0.15) is 35.2 Å². The molecule has 2 aliphatic rings. The second-order valence-electron chi connectivity index (χ2n) is 8.32. The van der Waals surface area contributed by atoms with Crippen molar-refractivity contribution >= 4 is 29.1 Å². The summed E-state index contributed by atoms with van der Waals surface area (Å²) >= 11 is 6.31. The molecule has 6 nitrogen and oxygen atoms in total. The molecule has 0 radical (unpaired) electrons. The van der Waals surface area contributed by atoms with Gasteiger partial charge in [-0.3, -0.25) is 14.5 Å². The molecule has 1 aliphatic heterocycles. The van der Waals surface area contributed by atoms with Gasteiger partial charge in [0.2, 0.25) is 5.91 Å². The molecule has 2 aromatic rings. The molecule has 1 aliphatic carbocycles. The summed E-state index contributed by atoms with van der Waals surface area (Å²) in [6.07, 6.45) is 2.68. The maximum Gasteiger partial charge on any atom is 0.255 e. The van der Waals surface area contributed by atoms with Crippen molar-refractivity contribution in [2.75, 3.05) is 32.1 Å². The van der Waals surface area contributed by atoms with E-state index < -0.39 is 0 Å². The molecule has 0 spiro atoms. The molecule has 32 heavy (non-hydrogen) atoms. The molecule has 2 amide bonds. The highest BCUT2D eigenvalue weighted by Crippen LogP contribution is 2.34. The summed E-state index contributed by atoms with van der Waals surface area (Å²) in [6, 6.07) is 11.6. The molecule has 1 saturated carbocycles. The van der Waals surface area contributed by atoms with Crippen LogP contribution in [0.3, 0.4) is 0 Å². The van der Waals surface area contributed by atoms with Gasteiger partial charge in [0.1, 0.15) is 11.6 Å². The Morgan fingerprint density at radius 1 is 1.31 bits per heavy atom. The number of benzene rings is 1. The Balaban J connectivity index is 1.33. The highest BCUT2D eigenvalue weighted by atomic mass is 35.5. The molecule has 2 aromatic carbocycles. The molecule has 8 heteroatoms. The van der Waals surface area contributed by atoms with Gasteiger partial charge in [0, 0.05) is 31.6 Å². The summed E-state index contributed by atoms with van der Waals surface area (Å²) < 4.78 is 19.2. The molecule has 0 bridgehead atoms. The summed E-state index contributed by atoms with van der Waals surface area (Å²) in [5.41, 5.74) is 1.25. The van der Waals surface area contributed by atoms with Crippen LogP contribution in [0.15, 0.2) is 24.3 Å². The number of ether oxygens (including phenoxy) is 1.